The molecule has 1 rings (SSSR count). The van der Waals surface area contributed by atoms with Gasteiger partial charge in [-0.25, -0.2) is 0 Å². The van der Waals surface area contributed by atoms with Crippen molar-refractivity contribution in [2.75, 3.05) is 13.6 Å². The van der Waals surface area contributed by atoms with E-state index in [-0.39, 0.29) is 24.5 Å². The number of nitrogens with zero attached hydrogens (tertiary/aromatic N) is 1. The third-order valence-corrected chi connectivity index (χ3v) is 3.23. The number of likely N-dealkylation sites (N-methyl/N-ethyl adjacent to an activating group) is 1. The number of carboxylic acid groups (broad SMARTS) is 1. The van der Waals surface area contributed by atoms with Crippen LogP contribution in [0, 0.1) is 0 Å². The van der Waals surface area contributed by atoms with Gasteiger partial charge in [-0.3, -0.25) is 14.5 Å². The first kappa shape index (κ1) is 13.0. The minimum absolute atomic E-state index is 0.0563. The van der Waals surface area contributed by atoms with Gasteiger partial charge in [0.1, 0.15) is 0 Å². The summed E-state index contributed by atoms with van der Waals surface area (Å²) in [6.07, 6.45) is 4.24. The molecule has 0 saturated heterocycles. The highest BCUT2D eigenvalue weighted by Gasteiger charge is 2.30. The molecule has 0 radical (unpaired) electrons. The smallest absolute Gasteiger partial charge is 0.317 e. The number of amides is 1. The number of hydrogen-bond acceptors (Lipinski definition) is 3. The van der Waals surface area contributed by atoms with Crippen molar-refractivity contribution in [2.24, 2.45) is 0 Å². The van der Waals surface area contributed by atoms with Gasteiger partial charge in [0.15, 0.2) is 0 Å². The molecular weight excluding hydrogens is 208 g/mol. The maximum atomic E-state index is 11.5. The number of nitrogens with one attached hydrogen (secondary N) is 1. The summed E-state index contributed by atoms with van der Waals surface area (Å²) < 4.78 is 0. The van der Waals surface area contributed by atoms with Crippen molar-refractivity contribution in [1.82, 2.24) is 10.2 Å². The minimum Gasteiger partial charge on any atom is -0.480 e. The zero-order valence-electron chi connectivity index (χ0n) is 9.90. The van der Waals surface area contributed by atoms with E-state index in [2.05, 4.69) is 5.32 Å². The van der Waals surface area contributed by atoms with Crippen LogP contribution in [0.5, 0.6) is 0 Å². The van der Waals surface area contributed by atoms with Gasteiger partial charge in [-0.15, -0.1) is 0 Å². The van der Waals surface area contributed by atoms with Gasteiger partial charge in [-0.2, -0.15) is 0 Å². The Balaban J connectivity index is 2.68. The highest BCUT2D eigenvalue weighted by molar-refractivity contribution is 5.81. The number of rotatable bonds is 5. The highest BCUT2D eigenvalue weighted by atomic mass is 16.4. The van der Waals surface area contributed by atoms with E-state index in [1.807, 2.05) is 0 Å². The van der Waals surface area contributed by atoms with Crippen LogP contribution in [0.2, 0.25) is 0 Å². The van der Waals surface area contributed by atoms with E-state index in [0.717, 1.165) is 25.7 Å². The van der Waals surface area contributed by atoms with Crippen molar-refractivity contribution in [2.45, 2.75) is 44.7 Å². The lowest BCUT2D eigenvalue weighted by atomic mass is 10.1. The Morgan fingerprint density at radius 3 is 2.44 bits per heavy atom. The molecule has 0 aromatic carbocycles. The summed E-state index contributed by atoms with van der Waals surface area (Å²) in [5.41, 5.74) is 0. The molecule has 0 heterocycles. The molecule has 1 fully saturated rings. The first-order valence-electron chi connectivity index (χ1n) is 5.75. The van der Waals surface area contributed by atoms with Crippen LogP contribution in [0.1, 0.15) is 32.6 Å². The molecule has 0 aromatic heterocycles. The van der Waals surface area contributed by atoms with Crippen molar-refractivity contribution in [1.29, 1.82) is 0 Å². The molecule has 92 valence electrons. The van der Waals surface area contributed by atoms with E-state index in [4.69, 9.17) is 5.11 Å². The summed E-state index contributed by atoms with van der Waals surface area (Å²) in [7, 11) is 1.58. The zero-order valence-corrected chi connectivity index (χ0v) is 9.90. The Kier molecular flexibility index (Phi) is 4.73. The normalized spacial score (nSPS) is 18.7. The maximum Gasteiger partial charge on any atom is 0.317 e. The molecule has 2 N–H and O–H groups in total. The molecule has 16 heavy (non-hydrogen) atoms. The standard InChI is InChI=1S/C11H20N2O3/c1-8(11(16)12-2)13(7-10(14)15)9-5-3-4-6-9/h8-9H,3-7H2,1-2H3,(H,12,16)(H,14,15). The second kappa shape index (κ2) is 5.84. The first-order valence-corrected chi connectivity index (χ1v) is 5.75. The highest BCUT2D eigenvalue weighted by Crippen LogP contribution is 2.24. The topological polar surface area (TPSA) is 69.6 Å². The van der Waals surface area contributed by atoms with E-state index in [1.165, 1.54) is 0 Å². The molecule has 1 unspecified atom stereocenters. The lowest BCUT2D eigenvalue weighted by Gasteiger charge is -2.31. The van der Waals surface area contributed by atoms with Gasteiger partial charge in [0.25, 0.3) is 0 Å². The zero-order chi connectivity index (χ0) is 12.1. The van der Waals surface area contributed by atoms with Crippen molar-refractivity contribution in [3.63, 3.8) is 0 Å². The molecule has 0 aliphatic heterocycles. The van der Waals surface area contributed by atoms with Crippen LogP contribution in [0.3, 0.4) is 0 Å². The third kappa shape index (κ3) is 3.20. The van der Waals surface area contributed by atoms with Crippen LogP contribution in [0.25, 0.3) is 0 Å². The van der Waals surface area contributed by atoms with Gasteiger partial charge in [0.05, 0.1) is 12.6 Å². The van der Waals surface area contributed by atoms with E-state index in [9.17, 15) is 9.59 Å². The van der Waals surface area contributed by atoms with Crippen molar-refractivity contribution in [3.05, 3.63) is 0 Å². The SMILES string of the molecule is CNC(=O)C(C)N(CC(=O)O)C1CCCC1. The predicted octanol–water partition coefficient (Wildman–Crippen LogP) is 0.450. The average Bonchev–Trinajstić information content (AvgIpc) is 2.76. The van der Waals surface area contributed by atoms with E-state index < -0.39 is 5.97 Å². The van der Waals surface area contributed by atoms with Crippen LogP contribution in [-0.4, -0.2) is 47.6 Å². The molecule has 1 aliphatic carbocycles. The molecule has 0 bridgehead atoms. The fourth-order valence-corrected chi connectivity index (χ4v) is 2.33. The van der Waals surface area contributed by atoms with Crippen LogP contribution in [0.4, 0.5) is 0 Å². The van der Waals surface area contributed by atoms with Gasteiger partial charge in [-0.05, 0) is 19.8 Å². The van der Waals surface area contributed by atoms with Gasteiger partial charge in [-0.1, -0.05) is 12.8 Å². The second-order valence-electron chi connectivity index (χ2n) is 4.29. The molecular formula is C11H20N2O3. The number of carboxylic acids is 1. The third-order valence-electron chi connectivity index (χ3n) is 3.23. The monoisotopic (exact) mass is 228 g/mol. The minimum atomic E-state index is -0.873. The number of carbonyl (C=O) groups excluding carboxylic acids is 1. The van der Waals surface area contributed by atoms with Crippen LogP contribution < -0.4 is 5.32 Å². The number of hydrogen-bond donors (Lipinski definition) is 2. The van der Waals surface area contributed by atoms with Gasteiger partial charge in [0, 0.05) is 13.1 Å². The second-order valence-corrected chi connectivity index (χ2v) is 4.29. The summed E-state index contributed by atoms with van der Waals surface area (Å²) >= 11 is 0. The van der Waals surface area contributed by atoms with Gasteiger partial charge in [0.2, 0.25) is 5.91 Å². The summed E-state index contributed by atoms with van der Waals surface area (Å²) in [6.45, 7) is 1.71. The van der Waals surface area contributed by atoms with Crippen LogP contribution in [-0.2, 0) is 9.59 Å². The Morgan fingerprint density at radius 1 is 1.44 bits per heavy atom. The quantitative estimate of drug-likeness (QED) is 0.717. The summed E-state index contributed by atoms with van der Waals surface area (Å²) in [6, 6.07) is -0.132. The van der Waals surface area contributed by atoms with E-state index in [1.54, 1.807) is 18.9 Å². The number of aliphatic carboxylic acids is 1. The molecule has 1 aliphatic rings. The largest absolute Gasteiger partial charge is 0.480 e. The maximum absolute atomic E-state index is 11.5. The van der Waals surface area contributed by atoms with Crippen LogP contribution >= 0.6 is 0 Å². The molecule has 1 atom stereocenters. The molecule has 5 heteroatoms. The lowest BCUT2D eigenvalue weighted by molar-refractivity contribution is -0.140. The molecule has 0 spiro atoms. The van der Waals surface area contributed by atoms with Crippen molar-refractivity contribution < 1.29 is 14.7 Å². The molecule has 0 aromatic rings. The fraction of sp³-hybridized carbons (Fsp3) is 0.818. The van der Waals surface area contributed by atoms with E-state index in [0.29, 0.717) is 0 Å². The summed E-state index contributed by atoms with van der Waals surface area (Å²) in [4.78, 5) is 24.2. The Morgan fingerprint density at radius 2 is 2.00 bits per heavy atom. The van der Waals surface area contributed by atoms with Gasteiger partial charge < -0.3 is 10.4 Å². The fourth-order valence-electron chi connectivity index (χ4n) is 2.33. The molecule has 1 saturated carbocycles. The average molecular weight is 228 g/mol. The van der Waals surface area contributed by atoms with Crippen molar-refractivity contribution in [3.8, 4) is 0 Å². The molecule has 5 nitrogen and oxygen atoms in total. The van der Waals surface area contributed by atoms with Gasteiger partial charge >= 0.3 is 5.97 Å². The molecule has 1 amide bonds. The summed E-state index contributed by atoms with van der Waals surface area (Å²) in [5, 5.41) is 11.4. The lowest BCUT2D eigenvalue weighted by Crippen LogP contribution is -2.50. The van der Waals surface area contributed by atoms with Crippen molar-refractivity contribution >= 4 is 11.9 Å². The van der Waals surface area contributed by atoms with Crippen LogP contribution in [0.15, 0.2) is 0 Å². The Hall–Kier alpha value is -1.10. The van der Waals surface area contributed by atoms with E-state index >= 15 is 0 Å². The first-order chi connectivity index (χ1) is 7.56. The Labute approximate surface area is 95.8 Å². The predicted molar refractivity (Wildman–Crippen MR) is 60.1 cm³/mol. The Bertz CT molecular complexity index is 262. The number of carbonyl (C=O) groups is 2. The summed E-state index contributed by atoms with van der Waals surface area (Å²) in [5.74, 6) is -0.990.